The van der Waals surface area contributed by atoms with E-state index in [1.54, 1.807) is 6.92 Å². The van der Waals surface area contributed by atoms with Crippen LogP contribution in [0.5, 0.6) is 5.75 Å². The fraction of sp³-hybridized carbons (Fsp3) is 0.333. The normalized spacial score (nSPS) is 25.7. The predicted octanol–water partition coefficient (Wildman–Crippen LogP) is 3.06. The Labute approximate surface area is 266 Å². The number of carbonyl (C=O) groups excluding carboxylic acids is 4. The molecule has 236 valence electrons. The highest BCUT2D eigenvalue weighted by Crippen LogP contribution is 2.56. The predicted molar refractivity (Wildman–Crippen MR) is 168 cm³/mol. The Morgan fingerprint density at radius 1 is 1.09 bits per heavy atom. The van der Waals surface area contributed by atoms with Gasteiger partial charge in [0.1, 0.15) is 43.9 Å². The lowest BCUT2D eigenvalue weighted by Crippen LogP contribution is -2.58. The fourth-order valence-corrected chi connectivity index (χ4v) is 6.67. The first-order valence-corrected chi connectivity index (χ1v) is 14.6. The lowest BCUT2D eigenvalue weighted by molar-refractivity contribution is -0.148. The van der Waals surface area contributed by atoms with E-state index in [2.05, 4.69) is 10.6 Å². The molecule has 0 heterocycles. The van der Waals surface area contributed by atoms with Crippen LogP contribution in [0.2, 0.25) is 0 Å². The molecule has 3 aliphatic carbocycles. The minimum absolute atomic E-state index is 0.0474. The fourth-order valence-electron chi connectivity index (χ4n) is 6.50. The molecule has 1 saturated carbocycles. The summed E-state index contributed by atoms with van der Waals surface area (Å²) in [5.74, 6) is -8.39. The molecule has 0 aliphatic heterocycles. The first-order chi connectivity index (χ1) is 21.2. The number of nitrogens with two attached hydrogens (primary N) is 1. The number of hydrogen-bond donors (Lipinski definition) is 7. The van der Waals surface area contributed by atoms with Crippen molar-refractivity contribution >= 4 is 65.6 Å². The Morgan fingerprint density at radius 3 is 2.30 bits per heavy atom. The van der Waals surface area contributed by atoms with Crippen LogP contribution < -0.4 is 16.4 Å². The van der Waals surface area contributed by atoms with Gasteiger partial charge in [-0.2, -0.15) is 0 Å². The minimum atomic E-state index is -2.86. The highest BCUT2D eigenvalue weighted by Gasteiger charge is 2.61. The highest BCUT2D eigenvalue weighted by molar-refractivity contribution is 7.18. The molecule has 3 amide bonds. The van der Waals surface area contributed by atoms with Gasteiger partial charge in [0, 0.05) is 23.6 Å². The van der Waals surface area contributed by atoms with Gasteiger partial charge in [-0.05, 0) is 60.1 Å². The molecule has 2 aromatic carbocycles. The zero-order valence-electron chi connectivity index (χ0n) is 24.5. The number of ketones is 2. The van der Waals surface area contributed by atoms with Gasteiger partial charge in [-0.15, -0.1) is 0 Å². The van der Waals surface area contributed by atoms with Gasteiger partial charge in [0.15, 0.2) is 11.4 Å². The number of amides is 3. The van der Waals surface area contributed by atoms with Gasteiger partial charge in [-0.3, -0.25) is 18.8 Å². The molecule has 3 unspecified atom stereocenters. The summed E-state index contributed by atoms with van der Waals surface area (Å²) in [5.41, 5.74) is -2.26. The summed E-state index contributed by atoms with van der Waals surface area (Å²) < 4.78 is 29.0. The number of alkyl halides is 2. The number of aliphatic hydroxyl groups excluding tert-OH is 2. The third kappa shape index (κ3) is 5.25. The van der Waals surface area contributed by atoms with Crippen LogP contribution in [0.4, 0.5) is 25.0 Å². The van der Waals surface area contributed by atoms with Crippen molar-refractivity contribution in [3.05, 3.63) is 69.5 Å². The van der Waals surface area contributed by atoms with E-state index >= 15 is 0 Å². The summed E-state index contributed by atoms with van der Waals surface area (Å²) >= 11 is 0. The molecule has 46 heavy (non-hydrogen) atoms. The maximum Gasteiger partial charge on any atom is 0.323 e. The number of rotatable bonds is 5. The number of fused-ring (bicyclic) bond motifs is 3. The van der Waals surface area contributed by atoms with E-state index in [1.807, 2.05) is 9.24 Å². The SMILES string of the molecule is [B]C([B])(F)c1cc(NC(=O)Nc2ccc3c(c2O)C(O)=C2C(=O)[C@]4(O)C(O)=C(C(N)=O)C(=O)C[C@@H]4CC2[C@H]3C)cc(C(C)(F)P)c1. The summed E-state index contributed by atoms with van der Waals surface area (Å²) in [6.07, 6.45) is -0.499. The molecular weight excluding hydrogens is 621 g/mol. The Morgan fingerprint density at radius 2 is 1.72 bits per heavy atom. The molecule has 16 heteroatoms. The van der Waals surface area contributed by atoms with Crippen LogP contribution in [0, 0.1) is 11.8 Å². The highest BCUT2D eigenvalue weighted by atomic mass is 31.0. The molecule has 0 spiro atoms. The van der Waals surface area contributed by atoms with Gasteiger partial charge < -0.3 is 36.8 Å². The van der Waals surface area contributed by atoms with E-state index in [0.29, 0.717) is 5.56 Å². The Kier molecular flexibility index (Phi) is 7.89. The third-order valence-electron chi connectivity index (χ3n) is 8.89. The summed E-state index contributed by atoms with van der Waals surface area (Å²) in [7, 11) is 12.6. The van der Waals surface area contributed by atoms with Crippen LogP contribution >= 0.6 is 9.24 Å². The minimum Gasteiger partial charge on any atom is -0.508 e. The van der Waals surface area contributed by atoms with Crippen LogP contribution in [0.15, 0.2) is 47.2 Å². The molecule has 5 rings (SSSR count). The number of phenols is 1. The lowest BCUT2D eigenvalue weighted by atomic mass is 9.57. The zero-order valence-corrected chi connectivity index (χ0v) is 25.7. The van der Waals surface area contributed by atoms with Crippen molar-refractivity contribution in [1.29, 1.82) is 0 Å². The van der Waals surface area contributed by atoms with Gasteiger partial charge in [0.05, 0.1) is 16.7 Å². The number of phenolic OH excluding ortho intramolecular Hbond substituents is 1. The number of urea groups is 1. The van der Waals surface area contributed by atoms with Crippen molar-refractivity contribution in [3.8, 4) is 5.75 Å². The molecule has 2 aromatic rings. The molecule has 8 N–H and O–H groups in total. The Bertz CT molecular complexity index is 1770. The van der Waals surface area contributed by atoms with Gasteiger partial charge >= 0.3 is 6.03 Å². The number of hydrogen-bond acceptors (Lipinski definition) is 8. The van der Waals surface area contributed by atoms with Crippen LogP contribution in [-0.4, -0.2) is 65.2 Å². The smallest absolute Gasteiger partial charge is 0.323 e. The molecule has 0 aromatic heterocycles. The van der Waals surface area contributed by atoms with Gasteiger partial charge in [-0.25, -0.2) is 9.18 Å². The topological polar surface area (TPSA) is 199 Å². The molecule has 0 bridgehead atoms. The van der Waals surface area contributed by atoms with Crippen LogP contribution in [-0.2, 0) is 25.3 Å². The number of nitrogens with one attached hydrogen (secondary N) is 2. The first kappa shape index (κ1) is 33.2. The standard InChI is InChI=1S/C30H28B2F2N3O8P/c1-10-15-3-4-17(37-27(44)36-14-6-11(28(2,33)46)5-13(7-14)30(31,32)34)22(39)19(15)23(40)20-16(10)8-12-9-18(38)21(26(35)43)25(42)29(12,45)24(20)41/h3-7,10,12,16,39-40,42,45H,8-9,46H2,1-2H3,(H2,35,43)(H2,36,37,44)/t10-,12-,16?,28?,29-/m0/s1. The number of aromatic hydroxyl groups is 1. The van der Waals surface area contributed by atoms with Crippen molar-refractivity contribution in [3.63, 3.8) is 0 Å². The van der Waals surface area contributed by atoms with E-state index in [0.717, 1.165) is 12.1 Å². The summed E-state index contributed by atoms with van der Waals surface area (Å²) in [6.45, 7) is 2.86. The number of aliphatic hydroxyl groups is 3. The molecule has 0 saturated heterocycles. The molecule has 1 fully saturated rings. The largest absolute Gasteiger partial charge is 0.508 e. The number of carbonyl (C=O) groups is 4. The first-order valence-electron chi connectivity index (χ1n) is 14.0. The summed E-state index contributed by atoms with van der Waals surface area (Å²) in [5, 5.41) is 47.4. The monoisotopic (exact) mass is 649 g/mol. The second kappa shape index (κ2) is 10.9. The van der Waals surface area contributed by atoms with E-state index in [4.69, 9.17) is 21.4 Å². The number of primary amides is 1. The molecule has 3 aliphatic rings. The Hall–Kier alpha value is -4.22. The van der Waals surface area contributed by atoms with Crippen molar-refractivity contribution in [2.75, 3.05) is 10.6 Å². The second-order valence-electron chi connectivity index (χ2n) is 12.0. The lowest BCUT2D eigenvalue weighted by Gasteiger charge is -2.47. The zero-order chi connectivity index (χ0) is 34.3. The maximum absolute atomic E-state index is 14.7. The van der Waals surface area contributed by atoms with E-state index in [9.17, 15) is 48.4 Å². The number of benzene rings is 2. The Balaban J connectivity index is 1.51. The summed E-state index contributed by atoms with van der Waals surface area (Å²) in [4.78, 5) is 51.1. The van der Waals surface area contributed by atoms with Crippen LogP contribution in [0.3, 0.4) is 0 Å². The van der Waals surface area contributed by atoms with Gasteiger partial charge in [0.25, 0.3) is 5.91 Å². The van der Waals surface area contributed by atoms with Crippen molar-refractivity contribution in [1.82, 2.24) is 0 Å². The van der Waals surface area contributed by atoms with E-state index < -0.39 is 87.0 Å². The average Bonchev–Trinajstić information content (AvgIpc) is 2.93. The number of halogens is 2. The second-order valence-corrected chi connectivity index (χ2v) is 13.1. The molecule has 4 radical (unpaired) electrons. The number of anilines is 2. The van der Waals surface area contributed by atoms with Crippen molar-refractivity contribution in [2.45, 2.75) is 49.1 Å². The quantitative estimate of drug-likeness (QED) is 0.111. The average molecular weight is 649 g/mol. The maximum atomic E-state index is 14.7. The third-order valence-corrected chi connectivity index (χ3v) is 9.22. The molecular formula is C30H28B2F2N3O8P. The van der Waals surface area contributed by atoms with Crippen LogP contribution in [0.25, 0.3) is 5.76 Å². The molecule has 11 nitrogen and oxygen atoms in total. The molecule has 6 atom stereocenters. The van der Waals surface area contributed by atoms with E-state index in [1.165, 1.54) is 25.1 Å². The van der Waals surface area contributed by atoms with Gasteiger partial charge in [-0.1, -0.05) is 28.3 Å². The van der Waals surface area contributed by atoms with Crippen LogP contribution in [0.1, 0.15) is 54.9 Å². The van der Waals surface area contributed by atoms with Gasteiger partial charge in [0.2, 0.25) is 5.78 Å². The van der Waals surface area contributed by atoms with E-state index in [-0.39, 0.29) is 40.1 Å². The summed E-state index contributed by atoms with van der Waals surface area (Å²) in [6, 6.07) is 5.23. The number of Topliss-reactive ketones (excluding diaryl/α,β-unsaturated/α-hetero) is 2. The van der Waals surface area contributed by atoms with Crippen molar-refractivity contribution < 1.29 is 48.4 Å². The van der Waals surface area contributed by atoms with Crippen molar-refractivity contribution in [2.24, 2.45) is 17.6 Å².